The molecule has 0 aliphatic rings. The summed E-state index contributed by atoms with van der Waals surface area (Å²) in [4.78, 5) is 29.6. The van der Waals surface area contributed by atoms with E-state index in [1.165, 1.54) is 0 Å². The molecule has 0 aliphatic carbocycles. The van der Waals surface area contributed by atoms with E-state index in [9.17, 15) is 9.59 Å². The van der Waals surface area contributed by atoms with Crippen molar-refractivity contribution < 1.29 is 19.2 Å². The minimum atomic E-state index is -0.719. The molecule has 27 heavy (non-hydrogen) atoms. The molecule has 7 nitrogen and oxygen atoms in total. The second kappa shape index (κ2) is 10.9. The van der Waals surface area contributed by atoms with E-state index in [2.05, 4.69) is 10.8 Å². The first-order valence-electron chi connectivity index (χ1n) is 9.29. The Kier molecular flexibility index (Phi) is 9.25. The van der Waals surface area contributed by atoms with E-state index in [-0.39, 0.29) is 5.92 Å². The van der Waals surface area contributed by atoms with Gasteiger partial charge in [0.25, 0.3) is 5.91 Å². The molecule has 1 aromatic rings. The minimum absolute atomic E-state index is 0.219. The number of benzene rings is 1. The number of rotatable bonds is 9. The SMILES string of the molecule is CC(C)CC(NC(=O)OC(C)(C)C)C(=O)NOCCc1ccc(CN)cc1. The number of ether oxygens (including phenoxy) is 1. The van der Waals surface area contributed by atoms with Gasteiger partial charge < -0.3 is 15.8 Å². The predicted molar refractivity (Wildman–Crippen MR) is 105 cm³/mol. The Balaban J connectivity index is 2.46. The lowest BCUT2D eigenvalue weighted by Gasteiger charge is -2.24. The molecule has 0 spiro atoms. The molecule has 0 fully saturated rings. The third kappa shape index (κ3) is 9.96. The zero-order valence-electron chi connectivity index (χ0n) is 17.0. The second-order valence-electron chi connectivity index (χ2n) is 7.91. The van der Waals surface area contributed by atoms with E-state index in [4.69, 9.17) is 15.3 Å². The third-order valence-electron chi connectivity index (χ3n) is 3.64. The van der Waals surface area contributed by atoms with Crippen LogP contribution in [0.25, 0.3) is 0 Å². The molecule has 0 saturated carbocycles. The number of hydroxylamine groups is 1. The van der Waals surface area contributed by atoms with Gasteiger partial charge in [-0.3, -0.25) is 9.63 Å². The van der Waals surface area contributed by atoms with E-state index in [1.807, 2.05) is 38.1 Å². The van der Waals surface area contributed by atoms with Gasteiger partial charge in [0.2, 0.25) is 0 Å². The lowest BCUT2D eigenvalue weighted by atomic mass is 10.0. The quantitative estimate of drug-likeness (QED) is 0.452. The molecule has 1 rings (SSSR count). The van der Waals surface area contributed by atoms with Crippen molar-refractivity contribution in [3.8, 4) is 0 Å². The zero-order chi connectivity index (χ0) is 20.4. The Labute approximate surface area is 161 Å². The maximum Gasteiger partial charge on any atom is 0.408 e. The lowest BCUT2D eigenvalue weighted by Crippen LogP contribution is -2.48. The number of carbonyl (C=O) groups excluding carboxylic acids is 2. The fourth-order valence-electron chi connectivity index (χ4n) is 2.36. The van der Waals surface area contributed by atoms with Gasteiger partial charge in [-0.2, -0.15) is 0 Å². The lowest BCUT2D eigenvalue weighted by molar-refractivity contribution is -0.136. The third-order valence-corrected chi connectivity index (χ3v) is 3.64. The van der Waals surface area contributed by atoms with Crippen LogP contribution in [0.2, 0.25) is 0 Å². The van der Waals surface area contributed by atoms with Crippen LogP contribution in [0.1, 0.15) is 52.2 Å². The van der Waals surface area contributed by atoms with Gasteiger partial charge in [0.1, 0.15) is 11.6 Å². The van der Waals surface area contributed by atoms with Gasteiger partial charge in [0, 0.05) is 6.54 Å². The fourth-order valence-corrected chi connectivity index (χ4v) is 2.36. The molecular formula is C20H33N3O4. The highest BCUT2D eigenvalue weighted by molar-refractivity contribution is 5.84. The van der Waals surface area contributed by atoms with Crippen molar-refractivity contribution in [3.63, 3.8) is 0 Å². The van der Waals surface area contributed by atoms with Gasteiger partial charge in [-0.25, -0.2) is 10.3 Å². The summed E-state index contributed by atoms with van der Waals surface area (Å²) < 4.78 is 5.22. The van der Waals surface area contributed by atoms with Gasteiger partial charge >= 0.3 is 6.09 Å². The molecule has 152 valence electrons. The molecular weight excluding hydrogens is 346 g/mol. The minimum Gasteiger partial charge on any atom is -0.444 e. The van der Waals surface area contributed by atoms with Crippen LogP contribution >= 0.6 is 0 Å². The van der Waals surface area contributed by atoms with Crippen molar-refractivity contribution in [2.24, 2.45) is 11.7 Å². The smallest absolute Gasteiger partial charge is 0.408 e. The molecule has 4 N–H and O–H groups in total. The summed E-state index contributed by atoms with van der Waals surface area (Å²) >= 11 is 0. The van der Waals surface area contributed by atoms with Crippen LogP contribution in [0.4, 0.5) is 4.79 Å². The van der Waals surface area contributed by atoms with Crippen LogP contribution in [-0.2, 0) is 27.3 Å². The Morgan fingerprint density at radius 2 is 1.70 bits per heavy atom. The first-order valence-corrected chi connectivity index (χ1v) is 9.29. The molecule has 2 amide bonds. The number of hydrogen-bond donors (Lipinski definition) is 3. The van der Waals surface area contributed by atoms with Crippen molar-refractivity contribution >= 4 is 12.0 Å². The van der Waals surface area contributed by atoms with E-state index < -0.39 is 23.6 Å². The summed E-state index contributed by atoms with van der Waals surface area (Å²) in [5.41, 5.74) is 9.53. The van der Waals surface area contributed by atoms with E-state index in [0.29, 0.717) is 26.0 Å². The maximum absolute atomic E-state index is 12.4. The monoisotopic (exact) mass is 379 g/mol. The number of alkyl carbamates (subject to hydrolysis) is 1. The number of hydrogen-bond acceptors (Lipinski definition) is 5. The van der Waals surface area contributed by atoms with Crippen LogP contribution < -0.4 is 16.5 Å². The fraction of sp³-hybridized carbons (Fsp3) is 0.600. The standard InChI is InChI=1S/C20H33N3O4/c1-14(2)12-17(22-19(25)27-20(3,4)5)18(24)23-26-11-10-15-6-8-16(13-21)9-7-15/h6-9,14,17H,10-13,21H2,1-5H3,(H,22,25)(H,23,24). The second-order valence-corrected chi connectivity index (χ2v) is 7.91. The van der Waals surface area contributed by atoms with E-state index >= 15 is 0 Å². The Morgan fingerprint density at radius 3 is 2.22 bits per heavy atom. The summed E-state index contributed by atoms with van der Waals surface area (Å²) in [6, 6.07) is 7.19. The van der Waals surface area contributed by atoms with Crippen LogP contribution in [0.5, 0.6) is 0 Å². The summed E-state index contributed by atoms with van der Waals surface area (Å²) in [5.74, 6) is -0.176. The molecule has 0 saturated heterocycles. The molecule has 1 atom stereocenters. The first kappa shape index (κ1) is 22.9. The largest absolute Gasteiger partial charge is 0.444 e. The Hall–Kier alpha value is -2.12. The summed E-state index contributed by atoms with van der Waals surface area (Å²) in [6.45, 7) is 10.1. The molecule has 0 radical (unpaired) electrons. The summed E-state index contributed by atoms with van der Waals surface area (Å²) in [7, 11) is 0. The molecule has 0 aliphatic heterocycles. The number of amides is 2. The van der Waals surface area contributed by atoms with Gasteiger partial charge in [0.05, 0.1) is 6.61 Å². The molecule has 1 unspecified atom stereocenters. The van der Waals surface area contributed by atoms with Gasteiger partial charge in [-0.1, -0.05) is 38.1 Å². The van der Waals surface area contributed by atoms with Crippen LogP contribution in [0, 0.1) is 5.92 Å². The molecule has 0 heterocycles. The molecule has 7 heteroatoms. The van der Waals surface area contributed by atoms with Crippen LogP contribution in [0.3, 0.4) is 0 Å². The number of carbonyl (C=O) groups is 2. The number of nitrogens with one attached hydrogen (secondary N) is 2. The van der Waals surface area contributed by atoms with Gasteiger partial charge in [0.15, 0.2) is 0 Å². The van der Waals surface area contributed by atoms with Crippen molar-refractivity contribution in [1.29, 1.82) is 0 Å². The van der Waals surface area contributed by atoms with E-state index in [1.54, 1.807) is 20.8 Å². The highest BCUT2D eigenvalue weighted by Crippen LogP contribution is 2.10. The molecule has 0 aromatic heterocycles. The summed E-state index contributed by atoms with van der Waals surface area (Å²) in [5, 5.41) is 2.61. The predicted octanol–water partition coefficient (Wildman–Crippen LogP) is 2.67. The van der Waals surface area contributed by atoms with Crippen molar-refractivity contribution in [1.82, 2.24) is 10.8 Å². The zero-order valence-corrected chi connectivity index (χ0v) is 17.0. The normalized spacial score (nSPS) is 12.6. The molecule has 1 aromatic carbocycles. The maximum atomic E-state index is 12.4. The van der Waals surface area contributed by atoms with Crippen molar-refractivity contribution in [2.45, 2.75) is 65.6 Å². The van der Waals surface area contributed by atoms with Crippen molar-refractivity contribution in [2.75, 3.05) is 6.61 Å². The van der Waals surface area contributed by atoms with Gasteiger partial charge in [-0.15, -0.1) is 0 Å². The van der Waals surface area contributed by atoms with Crippen LogP contribution in [0.15, 0.2) is 24.3 Å². The Morgan fingerprint density at radius 1 is 1.11 bits per heavy atom. The first-order chi connectivity index (χ1) is 12.6. The van der Waals surface area contributed by atoms with Crippen LogP contribution in [-0.4, -0.2) is 30.3 Å². The molecule has 0 bridgehead atoms. The van der Waals surface area contributed by atoms with E-state index in [0.717, 1.165) is 11.1 Å². The average molecular weight is 380 g/mol. The van der Waals surface area contributed by atoms with Crippen molar-refractivity contribution in [3.05, 3.63) is 35.4 Å². The highest BCUT2D eigenvalue weighted by atomic mass is 16.7. The van der Waals surface area contributed by atoms with Gasteiger partial charge in [-0.05, 0) is 50.7 Å². The average Bonchev–Trinajstić information content (AvgIpc) is 2.56. The number of nitrogens with two attached hydrogens (primary N) is 1. The summed E-state index contributed by atoms with van der Waals surface area (Å²) in [6.07, 6.45) is 0.511. The Bertz CT molecular complexity index is 594. The topological polar surface area (TPSA) is 103 Å². The highest BCUT2D eigenvalue weighted by Gasteiger charge is 2.25.